The Morgan fingerprint density at radius 2 is 2.09 bits per heavy atom. The third-order valence-corrected chi connectivity index (χ3v) is 5.64. The van der Waals surface area contributed by atoms with Crippen molar-refractivity contribution in [3.63, 3.8) is 0 Å². The Morgan fingerprint density at radius 3 is 2.74 bits per heavy atom. The van der Waals surface area contributed by atoms with Gasteiger partial charge in [0.1, 0.15) is 11.7 Å². The first-order valence-electron chi connectivity index (χ1n) is 10.2. The van der Waals surface area contributed by atoms with Crippen LogP contribution < -0.4 is 32.1 Å². The van der Waals surface area contributed by atoms with Gasteiger partial charge >= 0.3 is 11.9 Å². The monoisotopic (exact) mass is 493 g/mol. The summed E-state index contributed by atoms with van der Waals surface area (Å²) in [6.07, 6.45) is -0.664. The number of H-pyrrole nitrogens is 1. The highest BCUT2D eigenvalue weighted by atomic mass is 35.5. The Balaban J connectivity index is 1.64. The Hall–Kier alpha value is -4.00. The lowest BCUT2D eigenvalue weighted by Gasteiger charge is -2.35. The van der Waals surface area contributed by atoms with Crippen LogP contribution in [0.3, 0.4) is 0 Å². The normalized spacial score (nSPS) is 15.6. The molecule has 14 heteroatoms. The molecule has 0 saturated carbocycles. The van der Waals surface area contributed by atoms with E-state index in [4.69, 9.17) is 22.4 Å². The second-order valence-electron chi connectivity index (χ2n) is 7.67. The fourth-order valence-corrected chi connectivity index (χ4v) is 3.75. The van der Waals surface area contributed by atoms with Crippen molar-refractivity contribution in [3.05, 3.63) is 39.1 Å². The van der Waals surface area contributed by atoms with Gasteiger partial charge in [-0.1, -0.05) is 11.6 Å². The summed E-state index contributed by atoms with van der Waals surface area (Å²) in [5.41, 5.74) is 6.25. The minimum absolute atomic E-state index is 0.0246. The molecule has 1 aromatic carbocycles. The van der Waals surface area contributed by atoms with Crippen molar-refractivity contribution in [1.29, 1.82) is 0 Å². The van der Waals surface area contributed by atoms with E-state index < -0.39 is 30.3 Å². The number of aliphatic carboxylic acids is 2. The first kappa shape index (κ1) is 24.6. The van der Waals surface area contributed by atoms with E-state index >= 15 is 0 Å². The molecule has 182 valence electrons. The van der Waals surface area contributed by atoms with Crippen LogP contribution in [0.2, 0.25) is 5.02 Å². The molecule has 0 aliphatic carbocycles. The van der Waals surface area contributed by atoms with Gasteiger partial charge in [0.05, 0.1) is 16.6 Å². The maximum absolute atomic E-state index is 12.5. The smallest absolute Gasteiger partial charge is 0.326 e. The molecule has 8 N–H and O–H groups in total. The van der Waals surface area contributed by atoms with Crippen molar-refractivity contribution < 1.29 is 24.6 Å². The van der Waals surface area contributed by atoms with Crippen molar-refractivity contribution in [2.75, 3.05) is 41.4 Å². The zero-order valence-corrected chi connectivity index (χ0v) is 18.8. The molecule has 2 atom stereocenters. The second-order valence-corrected chi connectivity index (χ2v) is 8.07. The molecule has 1 unspecified atom stereocenters. The maximum atomic E-state index is 12.5. The van der Waals surface area contributed by atoms with Crippen LogP contribution in [0.1, 0.15) is 23.2 Å². The van der Waals surface area contributed by atoms with E-state index in [1.165, 1.54) is 12.1 Å². The molecular formula is C20H24ClN7O6. The number of nitrogen functional groups attached to an aromatic ring is 1. The number of hydrogen-bond donors (Lipinski definition) is 7. The summed E-state index contributed by atoms with van der Waals surface area (Å²) >= 11 is 6.24. The van der Waals surface area contributed by atoms with Gasteiger partial charge < -0.3 is 36.8 Å². The third kappa shape index (κ3) is 5.67. The highest BCUT2D eigenvalue weighted by Gasteiger charge is 2.27. The van der Waals surface area contributed by atoms with Crippen molar-refractivity contribution in [2.24, 2.45) is 0 Å². The molecule has 1 amide bonds. The number of carbonyl (C=O) groups excluding carboxylic acids is 1. The summed E-state index contributed by atoms with van der Waals surface area (Å²) in [6, 6.07) is 3.08. The Labute approximate surface area is 198 Å². The van der Waals surface area contributed by atoms with E-state index in [1.54, 1.807) is 18.0 Å². The number of hydrogen-bond acceptors (Lipinski definition) is 9. The summed E-state index contributed by atoms with van der Waals surface area (Å²) < 4.78 is 0. The Kier molecular flexibility index (Phi) is 7.46. The zero-order valence-electron chi connectivity index (χ0n) is 18.1. The molecular weight excluding hydrogens is 470 g/mol. The van der Waals surface area contributed by atoms with Crippen LogP contribution in [0.15, 0.2) is 23.0 Å². The minimum atomic E-state index is -1.36. The highest BCUT2D eigenvalue weighted by molar-refractivity contribution is 6.34. The predicted molar refractivity (Wildman–Crippen MR) is 126 cm³/mol. The average Bonchev–Trinajstić information content (AvgIpc) is 2.75. The number of anilines is 4. The van der Waals surface area contributed by atoms with Gasteiger partial charge in [0.2, 0.25) is 5.95 Å². The van der Waals surface area contributed by atoms with E-state index in [0.29, 0.717) is 30.3 Å². The third-order valence-electron chi connectivity index (χ3n) is 5.32. The average molecular weight is 494 g/mol. The number of aromatic nitrogens is 2. The number of likely N-dealkylation sites (N-methyl/N-ethyl adjacent to an activating group) is 1. The molecule has 34 heavy (non-hydrogen) atoms. The summed E-state index contributed by atoms with van der Waals surface area (Å²) in [4.78, 5) is 55.1. The van der Waals surface area contributed by atoms with Gasteiger partial charge in [-0.2, -0.15) is 4.98 Å². The molecule has 3 rings (SSSR count). The van der Waals surface area contributed by atoms with E-state index in [0.717, 1.165) is 0 Å². The number of benzene rings is 1. The van der Waals surface area contributed by atoms with E-state index in [-0.39, 0.29) is 34.6 Å². The van der Waals surface area contributed by atoms with Crippen LogP contribution in [0.4, 0.5) is 23.1 Å². The topological polar surface area (TPSA) is 203 Å². The van der Waals surface area contributed by atoms with Crippen LogP contribution in [0, 0.1) is 0 Å². The fourth-order valence-electron chi connectivity index (χ4n) is 3.48. The van der Waals surface area contributed by atoms with Crippen LogP contribution >= 0.6 is 11.6 Å². The highest BCUT2D eigenvalue weighted by Crippen LogP contribution is 2.26. The fraction of sp³-hybridized carbons (Fsp3) is 0.350. The molecule has 0 bridgehead atoms. The lowest BCUT2D eigenvalue weighted by Crippen LogP contribution is -2.48. The molecule has 0 fully saturated rings. The van der Waals surface area contributed by atoms with E-state index in [1.807, 2.05) is 0 Å². The van der Waals surface area contributed by atoms with Crippen LogP contribution in [-0.2, 0) is 9.59 Å². The van der Waals surface area contributed by atoms with E-state index in [9.17, 15) is 24.3 Å². The zero-order chi connectivity index (χ0) is 25.0. The number of aromatic amines is 1. The first-order valence-corrected chi connectivity index (χ1v) is 10.6. The number of halogens is 1. The lowest BCUT2D eigenvalue weighted by molar-refractivity contribution is -0.140. The molecule has 1 aliphatic rings. The number of fused-ring (bicyclic) bond motifs is 1. The number of nitrogens with zero attached hydrogens (tertiary/aromatic N) is 2. The molecule has 0 radical (unpaired) electrons. The standard InChI is InChI=1S/C20H24ClN7O6/c1-28-10(8-24-16-15(28)18(32)27-20(22)26-16)7-23-9-2-3-11(12(21)6-9)17(31)25-13(19(33)34)4-5-14(29)30/h2-3,6,10,13,23H,4-5,7-8H2,1H3,(H,25,31)(H,29,30)(H,33,34)(H4,22,24,26,27,32)/t10?,13-/m0/s1. The van der Waals surface area contributed by atoms with Gasteiger partial charge in [-0.05, 0) is 24.6 Å². The number of nitrogens with one attached hydrogen (secondary N) is 4. The maximum Gasteiger partial charge on any atom is 0.326 e. The summed E-state index contributed by atoms with van der Waals surface area (Å²) in [7, 11) is 1.77. The lowest BCUT2D eigenvalue weighted by atomic mass is 10.1. The SMILES string of the molecule is CN1c2c(nc(N)[nH]c2=O)NCC1CNc1ccc(C(=O)N[C@@H](CCC(=O)O)C(=O)O)c(Cl)c1. The van der Waals surface area contributed by atoms with Gasteiger partial charge in [-0.25, -0.2) is 4.79 Å². The van der Waals surface area contributed by atoms with Crippen LogP contribution in [0.5, 0.6) is 0 Å². The molecule has 1 aromatic heterocycles. The number of carbonyl (C=O) groups is 3. The number of carboxylic acids is 2. The largest absolute Gasteiger partial charge is 0.481 e. The van der Waals surface area contributed by atoms with Crippen LogP contribution in [-0.4, -0.2) is 70.2 Å². The summed E-state index contributed by atoms with van der Waals surface area (Å²) in [5, 5.41) is 26.6. The minimum Gasteiger partial charge on any atom is -0.481 e. The number of nitrogens with two attached hydrogens (primary N) is 1. The van der Waals surface area contributed by atoms with Crippen molar-refractivity contribution >= 4 is 52.6 Å². The van der Waals surface area contributed by atoms with Gasteiger partial charge in [0, 0.05) is 32.2 Å². The molecule has 0 saturated heterocycles. The summed E-state index contributed by atoms with van der Waals surface area (Å²) in [5.74, 6) is -2.81. The van der Waals surface area contributed by atoms with Gasteiger partial charge in [-0.15, -0.1) is 0 Å². The Bertz CT molecular complexity index is 1170. The first-order chi connectivity index (χ1) is 16.1. The molecule has 1 aliphatic heterocycles. The van der Waals surface area contributed by atoms with Gasteiger partial charge in [0.15, 0.2) is 5.82 Å². The van der Waals surface area contributed by atoms with Gasteiger partial charge in [-0.3, -0.25) is 19.4 Å². The van der Waals surface area contributed by atoms with Gasteiger partial charge in [0.25, 0.3) is 11.5 Å². The van der Waals surface area contributed by atoms with Crippen LogP contribution in [0.25, 0.3) is 0 Å². The molecule has 0 spiro atoms. The van der Waals surface area contributed by atoms with Crippen molar-refractivity contribution in [3.8, 4) is 0 Å². The van der Waals surface area contributed by atoms with E-state index in [2.05, 4.69) is 25.9 Å². The molecule has 2 heterocycles. The van der Waals surface area contributed by atoms with Crippen molar-refractivity contribution in [1.82, 2.24) is 15.3 Å². The number of amides is 1. The quantitative estimate of drug-likeness (QED) is 0.254. The summed E-state index contributed by atoms with van der Waals surface area (Å²) in [6.45, 7) is 0.915. The predicted octanol–water partition coefficient (Wildman–Crippen LogP) is 0.396. The molecule has 13 nitrogen and oxygen atoms in total. The second kappa shape index (κ2) is 10.3. The van der Waals surface area contributed by atoms with Crippen molar-refractivity contribution in [2.45, 2.75) is 24.9 Å². The number of carboxylic acid groups (broad SMARTS) is 2. The number of rotatable bonds is 9. The molecule has 2 aromatic rings. The Morgan fingerprint density at radius 1 is 1.35 bits per heavy atom.